The molecule has 0 radical (unpaired) electrons. The van der Waals surface area contributed by atoms with Gasteiger partial charge < -0.3 is 5.73 Å². The zero-order valence-corrected chi connectivity index (χ0v) is 12.1. The lowest BCUT2D eigenvalue weighted by Gasteiger charge is -2.16. The highest BCUT2D eigenvalue weighted by Gasteiger charge is 2.35. The summed E-state index contributed by atoms with van der Waals surface area (Å²) in [5.74, 6) is -1.34. The van der Waals surface area contributed by atoms with E-state index in [1.807, 2.05) is 0 Å². The fourth-order valence-electron chi connectivity index (χ4n) is 1.86. The summed E-state index contributed by atoms with van der Waals surface area (Å²) in [5.41, 5.74) is 4.78. The van der Waals surface area contributed by atoms with Crippen LogP contribution in [0, 0.1) is 5.82 Å². The Morgan fingerprint density at radius 1 is 1.00 bits per heavy atom. The van der Waals surface area contributed by atoms with Gasteiger partial charge in [0.25, 0.3) is 0 Å². The van der Waals surface area contributed by atoms with Crippen LogP contribution in [0.2, 0.25) is 5.02 Å². The topological polar surface area (TPSA) is 26.0 Å². The van der Waals surface area contributed by atoms with Gasteiger partial charge >= 0.3 is 6.18 Å². The molecular weight excluding hydrogens is 329 g/mol. The predicted molar refractivity (Wildman–Crippen MR) is 76.1 cm³/mol. The highest BCUT2D eigenvalue weighted by molar-refractivity contribution is 6.30. The van der Waals surface area contributed by atoms with Crippen molar-refractivity contribution in [3.63, 3.8) is 0 Å². The number of alkyl halides is 3. The number of benzene rings is 2. The lowest BCUT2D eigenvalue weighted by molar-refractivity contribution is -0.140. The van der Waals surface area contributed by atoms with Crippen molar-refractivity contribution in [3.8, 4) is 0 Å². The van der Waals surface area contributed by atoms with Gasteiger partial charge in [-0.05, 0) is 23.8 Å². The summed E-state index contributed by atoms with van der Waals surface area (Å²) in [6.07, 6.45) is -4.75. The number of hydrogen-bond donors (Lipinski definition) is 1. The summed E-state index contributed by atoms with van der Waals surface area (Å²) in [4.78, 5) is 0. The molecule has 2 rings (SSSR count). The second-order valence-corrected chi connectivity index (χ2v) is 4.67. The van der Waals surface area contributed by atoms with Gasteiger partial charge in [-0.3, -0.25) is 0 Å². The van der Waals surface area contributed by atoms with Gasteiger partial charge in [0.05, 0.1) is 11.6 Å². The van der Waals surface area contributed by atoms with Crippen molar-refractivity contribution in [2.45, 2.75) is 12.2 Å². The van der Waals surface area contributed by atoms with Crippen molar-refractivity contribution in [1.82, 2.24) is 0 Å². The maximum absolute atomic E-state index is 14.0. The van der Waals surface area contributed by atoms with Gasteiger partial charge in [0, 0.05) is 10.6 Å². The third-order valence-corrected chi connectivity index (χ3v) is 3.15. The Morgan fingerprint density at radius 2 is 1.57 bits per heavy atom. The first-order chi connectivity index (χ1) is 9.30. The van der Waals surface area contributed by atoms with Crippen molar-refractivity contribution < 1.29 is 17.6 Å². The molecular formula is C14H11Cl2F4N. The Kier molecular flexibility index (Phi) is 5.61. The van der Waals surface area contributed by atoms with Crippen molar-refractivity contribution in [3.05, 3.63) is 70.0 Å². The third kappa shape index (κ3) is 3.87. The summed E-state index contributed by atoms with van der Waals surface area (Å²) in [6.45, 7) is 0. The minimum Gasteiger partial charge on any atom is -0.320 e. The minimum atomic E-state index is -4.75. The summed E-state index contributed by atoms with van der Waals surface area (Å²) in [7, 11) is 0. The van der Waals surface area contributed by atoms with Crippen LogP contribution in [0.5, 0.6) is 0 Å². The van der Waals surface area contributed by atoms with E-state index in [1.165, 1.54) is 6.07 Å². The molecule has 7 heteroatoms. The molecule has 0 aliphatic carbocycles. The number of rotatable bonds is 2. The molecule has 1 nitrogen and oxygen atoms in total. The Labute approximate surface area is 130 Å². The third-order valence-electron chi connectivity index (χ3n) is 2.90. The SMILES string of the molecule is Cl.NC(c1ccc(Cl)cc1)c1cccc(C(F)(F)F)c1F. The lowest BCUT2D eigenvalue weighted by atomic mass is 9.97. The zero-order chi connectivity index (χ0) is 14.9. The molecule has 2 aromatic carbocycles. The summed E-state index contributed by atoms with van der Waals surface area (Å²) >= 11 is 5.72. The van der Waals surface area contributed by atoms with Crippen LogP contribution in [-0.2, 0) is 6.18 Å². The van der Waals surface area contributed by atoms with Gasteiger partial charge in [-0.15, -0.1) is 12.4 Å². The van der Waals surface area contributed by atoms with Crippen LogP contribution in [0.25, 0.3) is 0 Å². The molecule has 0 aromatic heterocycles. The molecule has 114 valence electrons. The molecule has 0 fully saturated rings. The van der Waals surface area contributed by atoms with Crippen molar-refractivity contribution in [1.29, 1.82) is 0 Å². The molecule has 0 bridgehead atoms. The Hall–Kier alpha value is -1.30. The van der Waals surface area contributed by atoms with Gasteiger partial charge in [0.2, 0.25) is 0 Å². The molecule has 0 saturated heterocycles. The number of hydrogen-bond acceptors (Lipinski definition) is 1. The van der Waals surface area contributed by atoms with Crippen molar-refractivity contribution >= 4 is 24.0 Å². The van der Waals surface area contributed by atoms with E-state index in [2.05, 4.69) is 0 Å². The zero-order valence-electron chi connectivity index (χ0n) is 10.5. The van der Waals surface area contributed by atoms with E-state index in [4.69, 9.17) is 17.3 Å². The molecule has 0 aliphatic rings. The number of halogens is 6. The maximum Gasteiger partial charge on any atom is 0.419 e. The first-order valence-corrected chi connectivity index (χ1v) is 6.05. The van der Waals surface area contributed by atoms with E-state index in [0.717, 1.165) is 6.07 Å². The smallest absolute Gasteiger partial charge is 0.320 e. The minimum absolute atomic E-state index is 0. The van der Waals surface area contributed by atoms with E-state index in [-0.39, 0.29) is 18.0 Å². The van der Waals surface area contributed by atoms with Crippen LogP contribution in [0.3, 0.4) is 0 Å². The molecule has 2 aromatic rings. The Balaban J connectivity index is 0.00000220. The van der Waals surface area contributed by atoms with Crippen LogP contribution in [0.4, 0.5) is 17.6 Å². The fraction of sp³-hybridized carbons (Fsp3) is 0.143. The lowest BCUT2D eigenvalue weighted by Crippen LogP contribution is -2.17. The average Bonchev–Trinajstić information content (AvgIpc) is 2.37. The second-order valence-electron chi connectivity index (χ2n) is 4.24. The van der Waals surface area contributed by atoms with E-state index in [9.17, 15) is 17.6 Å². The molecule has 1 atom stereocenters. The van der Waals surface area contributed by atoms with E-state index in [0.29, 0.717) is 16.7 Å². The molecule has 0 spiro atoms. The molecule has 0 amide bonds. The second kappa shape index (κ2) is 6.64. The van der Waals surface area contributed by atoms with Gasteiger partial charge in [-0.1, -0.05) is 35.9 Å². The van der Waals surface area contributed by atoms with Crippen LogP contribution >= 0.6 is 24.0 Å². The predicted octanol–water partition coefficient (Wildman–Crippen LogP) is 4.97. The largest absolute Gasteiger partial charge is 0.419 e. The first kappa shape index (κ1) is 17.8. The highest BCUT2D eigenvalue weighted by Crippen LogP contribution is 2.34. The normalized spacial score (nSPS) is 12.7. The maximum atomic E-state index is 14.0. The highest BCUT2D eigenvalue weighted by atomic mass is 35.5. The van der Waals surface area contributed by atoms with E-state index >= 15 is 0 Å². The van der Waals surface area contributed by atoms with Gasteiger partial charge in [-0.25, -0.2) is 4.39 Å². The van der Waals surface area contributed by atoms with Crippen LogP contribution in [0.15, 0.2) is 42.5 Å². The summed E-state index contributed by atoms with van der Waals surface area (Å²) in [5, 5.41) is 0.463. The van der Waals surface area contributed by atoms with Crippen LogP contribution in [-0.4, -0.2) is 0 Å². The molecule has 21 heavy (non-hydrogen) atoms. The summed E-state index contributed by atoms with van der Waals surface area (Å²) in [6, 6.07) is 8.26. The average molecular weight is 340 g/mol. The van der Waals surface area contributed by atoms with Crippen molar-refractivity contribution in [2.24, 2.45) is 5.73 Å². The molecule has 1 unspecified atom stereocenters. The van der Waals surface area contributed by atoms with Crippen molar-refractivity contribution in [2.75, 3.05) is 0 Å². The molecule has 2 N–H and O–H groups in total. The van der Waals surface area contributed by atoms with Crippen LogP contribution in [0.1, 0.15) is 22.7 Å². The van der Waals surface area contributed by atoms with E-state index in [1.54, 1.807) is 24.3 Å². The summed E-state index contributed by atoms with van der Waals surface area (Å²) < 4.78 is 51.9. The molecule has 0 saturated carbocycles. The Morgan fingerprint density at radius 3 is 2.10 bits per heavy atom. The Bertz CT molecular complexity index is 611. The standard InChI is InChI=1S/C14H10ClF4N.ClH/c15-9-6-4-8(5-7-9)13(20)10-2-1-3-11(12(10)16)14(17,18)19;/h1-7,13H,20H2;1H. The molecule has 0 aliphatic heterocycles. The van der Waals surface area contributed by atoms with E-state index < -0.39 is 23.6 Å². The van der Waals surface area contributed by atoms with Gasteiger partial charge in [-0.2, -0.15) is 13.2 Å². The van der Waals surface area contributed by atoms with Crippen LogP contribution < -0.4 is 5.73 Å². The first-order valence-electron chi connectivity index (χ1n) is 5.67. The monoisotopic (exact) mass is 339 g/mol. The molecule has 0 heterocycles. The van der Waals surface area contributed by atoms with Gasteiger partial charge in [0.15, 0.2) is 0 Å². The fourth-order valence-corrected chi connectivity index (χ4v) is 1.98. The quantitative estimate of drug-likeness (QED) is 0.768. The number of nitrogens with two attached hydrogens (primary N) is 1. The van der Waals surface area contributed by atoms with Gasteiger partial charge in [0.1, 0.15) is 5.82 Å².